The predicted octanol–water partition coefficient (Wildman–Crippen LogP) is 9.22. The van der Waals surface area contributed by atoms with Crippen LogP contribution in [0.4, 0.5) is 0 Å². The first-order valence-electron chi connectivity index (χ1n) is 14.7. The molecule has 0 atom stereocenters. The van der Waals surface area contributed by atoms with Crippen LogP contribution in [-0.2, 0) is 27.5 Å². The third kappa shape index (κ3) is 5.26. The average molecular weight is 756 g/mol. The first-order chi connectivity index (χ1) is 20.9. The van der Waals surface area contributed by atoms with Crippen LogP contribution in [0.15, 0.2) is 91.1 Å². The van der Waals surface area contributed by atoms with Gasteiger partial charge in [-0.2, -0.15) is 16.7 Å². The summed E-state index contributed by atoms with van der Waals surface area (Å²) in [5.74, 6) is 2.11. The Balaban J connectivity index is 0.00000343. The third-order valence-electron chi connectivity index (χ3n) is 8.03. The van der Waals surface area contributed by atoms with Crippen LogP contribution in [-0.4, -0.2) is 19.3 Å². The van der Waals surface area contributed by atoms with Crippen LogP contribution in [0, 0.1) is 39.8 Å². The minimum Gasteiger partial charge on any atom is -0.509 e. The van der Waals surface area contributed by atoms with Gasteiger partial charge in [0.05, 0.1) is 5.69 Å². The monoisotopic (exact) mass is 755 g/mol. The van der Waals surface area contributed by atoms with E-state index in [0.29, 0.717) is 11.5 Å². The number of nitrogens with zero attached hydrogens (tertiary/aromatic N) is 4. The van der Waals surface area contributed by atoms with Gasteiger partial charge < -0.3 is 9.30 Å². The summed E-state index contributed by atoms with van der Waals surface area (Å²) in [6.45, 7) is 10.5. The Morgan fingerprint density at radius 3 is 2.34 bits per heavy atom. The van der Waals surface area contributed by atoms with Gasteiger partial charge in [-0.3, -0.25) is 4.68 Å². The van der Waals surface area contributed by atoms with Gasteiger partial charge in [0.1, 0.15) is 5.82 Å². The molecule has 0 saturated heterocycles. The second kappa shape index (κ2) is 11.9. The van der Waals surface area contributed by atoms with Crippen molar-refractivity contribution in [3.63, 3.8) is 0 Å². The largest absolute Gasteiger partial charge is 2.00 e. The molecule has 0 amide bonds. The molecular formula is C38H32N4OPt. The van der Waals surface area contributed by atoms with Crippen LogP contribution in [0.5, 0.6) is 11.5 Å². The van der Waals surface area contributed by atoms with Gasteiger partial charge >= 0.3 is 21.1 Å². The Kier molecular flexibility index (Phi) is 8.00. The van der Waals surface area contributed by atoms with Crippen molar-refractivity contribution in [3.05, 3.63) is 131 Å². The molecule has 44 heavy (non-hydrogen) atoms. The average Bonchev–Trinajstić information content (AvgIpc) is 3.49. The van der Waals surface area contributed by atoms with Crippen molar-refractivity contribution in [2.45, 2.75) is 41.0 Å². The maximum absolute atomic E-state index is 6.50. The maximum atomic E-state index is 6.50. The number of pyridine rings is 1. The van der Waals surface area contributed by atoms with E-state index in [1.165, 1.54) is 10.9 Å². The quantitative estimate of drug-likeness (QED) is 0.159. The van der Waals surface area contributed by atoms with Crippen molar-refractivity contribution < 1.29 is 25.8 Å². The molecular weight excluding hydrogens is 724 g/mol. The summed E-state index contributed by atoms with van der Waals surface area (Å²) in [6, 6.07) is 36.4. The fraction of sp³-hybridized carbons (Fsp3) is 0.158. The van der Waals surface area contributed by atoms with E-state index < -0.39 is 0 Å². The molecule has 0 saturated carbocycles. The van der Waals surface area contributed by atoms with Crippen LogP contribution < -0.4 is 4.74 Å². The van der Waals surface area contributed by atoms with E-state index in [-0.39, 0.29) is 21.1 Å². The van der Waals surface area contributed by atoms with Gasteiger partial charge in [-0.05, 0) is 68.1 Å². The SMILES string of the molecule is CCc1cc(Oc2[c-]c3c(cc2)c2cc(C)ccc2n3-c2cc(C)ccn2)[c-]c(-n2nc(C)c(-c3ccccc3)c2C)c1.[Pt+2]. The molecule has 3 aromatic heterocycles. The molecule has 4 aromatic carbocycles. The molecule has 0 radical (unpaired) electrons. The smallest absolute Gasteiger partial charge is 0.509 e. The number of rotatable bonds is 6. The van der Waals surface area contributed by atoms with E-state index in [1.54, 1.807) is 0 Å². The van der Waals surface area contributed by atoms with E-state index in [0.717, 1.165) is 68.0 Å². The fourth-order valence-electron chi connectivity index (χ4n) is 5.95. The molecule has 0 N–H and O–H groups in total. The Bertz CT molecular complexity index is 2140. The first-order valence-corrected chi connectivity index (χ1v) is 14.7. The summed E-state index contributed by atoms with van der Waals surface area (Å²) in [7, 11) is 0. The van der Waals surface area contributed by atoms with Crippen LogP contribution >= 0.6 is 0 Å². The topological polar surface area (TPSA) is 44.9 Å². The van der Waals surface area contributed by atoms with Gasteiger partial charge in [0.25, 0.3) is 0 Å². The Hall–Kier alpha value is -4.47. The van der Waals surface area contributed by atoms with Crippen molar-refractivity contribution in [3.8, 4) is 34.1 Å². The summed E-state index contributed by atoms with van der Waals surface area (Å²) >= 11 is 0. The van der Waals surface area contributed by atoms with Crippen molar-refractivity contribution in [2.24, 2.45) is 0 Å². The van der Waals surface area contributed by atoms with E-state index in [1.807, 2.05) is 35.1 Å². The van der Waals surface area contributed by atoms with Crippen LogP contribution in [0.1, 0.15) is 35.0 Å². The molecule has 0 fully saturated rings. The van der Waals surface area contributed by atoms with Crippen LogP contribution in [0.25, 0.3) is 44.4 Å². The molecule has 0 bridgehead atoms. The number of hydrogen-bond acceptors (Lipinski definition) is 3. The van der Waals surface area contributed by atoms with Gasteiger partial charge in [0.2, 0.25) is 0 Å². The van der Waals surface area contributed by atoms with E-state index in [4.69, 9.17) is 14.8 Å². The summed E-state index contributed by atoms with van der Waals surface area (Å²) in [6.07, 6.45) is 2.71. The molecule has 0 aliphatic heterocycles. The number of benzene rings is 4. The molecule has 0 aliphatic carbocycles. The number of fused-ring (bicyclic) bond motifs is 3. The first kappa shape index (κ1) is 29.6. The fourth-order valence-corrected chi connectivity index (χ4v) is 5.95. The number of hydrogen-bond donors (Lipinski definition) is 0. The Morgan fingerprint density at radius 2 is 1.57 bits per heavy atom. The number of aryl methyl sites for hydroxylation is 4. The standard InChI is InChI=1S/C38H32N4O.Pt/c1-6-28-20-30(42-27(5)38(26(4)40-42)29-10-8-7-9-11-29)22-32(21-28)43-31-13-14-33-34-18-24(2)12-15-35(34)41(36(33)23-31)37-19-25(3)16-17-39-37;/h7-21H,6H2,1-5H3;/q-2;+2. The molecule has 3 heterocycles. The molecule has 220 valence electrons. The third-order valence-corrected chi connectivity index (χ3v) is 8.03. The summed E-state index contributed by atoms with van der Waals surface area (Å²) in [5.41, 5.74) is 10.7. The van der Waals surface area contributed by atoms with E-state index in [9.17, 15) is 0 Å². The zero-order valence-electron chi connectivity index (χ0n) is 25.4. The normalized spacial score (nSPS) is 11.2. The summed E-state index contributed by atoms with van der Waals surface area (Å²) in [5, 5.41) is 7.19. The summed E-state index contributed by atoms with van der Waals surface area (Å²) in [4.78, 5) is 4.71. The number of aromatic nitrogens is 4. The minimum atomic E-state index is 0. The van der Waals surface area contributed by atoms with Crippen molar-refractivity contribution >= 4 is 21.8 Å². The molecule has 0 aliphatic rings. The number of ether oxygens (including phenoxy) is 1. The van der Waals surface area contributed by atoms with Gasteiger partial charge in [-0.1, -0.05) is 66.9 Å². The molecule has 5 nitrogen and oxygen atoms in total. The van der Waals surface area contributed by atoms with E-state index in [2.05, 4.69) is 112 Å². The molecule has 6 heteroatoms. The van der Waals surface area contributed by atoms with Crippen molar-refractivity contribution in [2.75, 3.05) is 0 Å². The van der Waals surface area contributed by atoms with Crippen LogP contribution in [0.3, 0.4) is 0 Å². The molecule has 7 rings (SSSR count). The zero-order valence-corrected chi connectivity index (χ0v) is 27.7. The predicted molar refractivity (Wildman–Crippen MR) is 174 cm³/mol. The van der Waals surface area contributed by atoms with Gasteiger partial charge in [-0.25, -0.2) is 4.98 Å². The Labute approximate surface area is 272 Å². The van der Waals surface area contributed by atoms with Gasteiger partial charge in [0.15, 0.2) is 0 Å². The second-order valence-electron chi connectivity index (χ2n) is 11.1. The molecule has 0 unspecified atom stereocenters. The minimum absolute atomic E-state index is 0. The Morgan fingerprint density at radius 1 is 0.773 bits per heavy atom. The van der Waals surface area contributed by atoms with Gasteiger partial charge in [0, 0.05) is 34.5 Å². The molecule has 7 aromatic rings. The van der Waals surface area contributed by atoms with E-state index >= 15 is 0 Å². The van der Waals surface area contributed by atoms with Gasteiger partial charge in [-0.15, -0.1) is 35.7 Å². The zero-order chi connectivity index (χ0) is 29.7. The maximum Gasteiger partial charge on any atom is 2.00 e. The van der Waals surface area contributed by atoms with Crippen molar-refractivity contribution in [1.82, 2.24) is 19.3 Å². The van der Waals surface area contributed by atoms with Crippen LogP contribution in [0.2, 0.25) is 0 Å². The van der Waals surface area contributed by atoms with Crippen molar-refractivity contribution in [1.29, 1.82) is 0 Å². The summed E-state index contributed by atoms with van der Waals surface area (Å²) < 4.78 is 10.6. The second-order valence-corrected chi connectivity index (χ2v) is 11.1. The molecule has 0 spiro atoms.